The van der Waals surface area contributed by atoms with E-state index in [1.807, 2.05) is 0 Å². The average molecular weight is 767 g/mol. The summed E-state index contributed by atoms with van der Waals surface area (Å²) in [6, 6.07) is 10.8. The van der Waals surface area contributed by atoms with E-state index in [1.54, 1.807) is 3.71 Å². The van der Waals surface area contributed by atoms with Crippen LogP contribution in [0.3, 0.4) is 0 Å². The topological polar surface area (TPSA) is 29.5 Å². The molecule has 5 heteroatoms. The zero-order valence-corrected chi connectivity index (χ0v) is 32.9. The fourth-order valence-electron chi connectivity index (χ4n) is 6.86. The number of amides is 1. The number of rotatable bonds is 22. The second-order valence-corrected chi connectivity index (χ2v) is 38.6. The number of hydrogen-bond donors (Lipinski definition) is 0. The first-order chi connectivity index (χ1) is 19.5. The van der Waals surface area contributed by atoms with Crippen molar-refractivity contribution in [3.8, 4) is 0 Å². The molecule has 3 nitrogen and oxygen atoms in total. The first-order valence-electron chi connectivity index (χ1n) is 17.2. The van der Waals surface area contributed by atoms with Gasteiger partial charge in [0.05, 0.1) is 0 Å². The quantitative estimate of drug-likeness (QED) is 0.110. The van der Waals surface area contributed by atoms with E-state index in [9.17, 15) is 4.79 Å². The Morgan fingerprint density at radius 2 is 1.15 bits per heavy atom. The molecule has 0 aliphatic carbocycles. The molecule has 1 aromatic carbocycles. The van der Waals surface area contributed by atoms with E-state index in [2.05, 4.69) is 80.9 Å². The predicted octanol–water partition coefficient (Wildman–Crippen LogP) is 11.8. The molecule has 1 saturated heterocycles. The number of ether oxygens (including phenoxy) is 1. The predicted molar refractivity (Wildman–Crippen MR) is 180 cm³/mol. The van der Waals surface area contributed by atoms with Gasteiger partial charge < -0.3 is 0 Å². The number of unbranched alkanes of at least 4 members (excludes halogenated alkanes) is 6. The third kappa shape index (κ3) is 10.5. The van der Waals surface area contributed by atoms with Crippen molar-refractivity contribution in [2.45, 2.75) is 151 Å². The molecule has 1 heterocycles. The van der Waals surface area contributed by atoms with E-state index >= 15 is 0 Å². The maximum atomic E-state index is 13.9. The Bertz CT molecular complexity index is 813. The van der Waals surface area contributed by atoms with Crippen LogP contribution in [0, 0.1) is 0 Å². The number of cyclic esters (lactones) is 1. The Kier molecular flexibility index (Phi) is 17.9. The molecule has 1 aliphatic heterocycles. The maximum absolute atomic E-state index is 13.9. The van der Waals surface area contributed by atoms with Crippen LogP contribution < -0.4 is 0 Å². The van der Waals surface area contributed by atoms with Crippen LogP contribution in [-0.2, 0) is 4.74 Å². The average Bonchev–Trinajstić information content (AvgIpc) is 3.37. The molecule has 1 fully saturated rings. The van der Waals surface area contributed by atoms with Gasteiger partial charge in [-0.05, 0) is 0 Å². The van der Waals surface area contributed by atoms with Crippen molar-refractivity contribution < 1.29 is 9.53 Å². The Hall–Kier alpha value is -0.173. The molecule has 0 bridgehead atoms. The summed E-state index contributed by atoms with van der Waals surface area (Å²) in [4.78, 5) is 16.2. The Morgan fingerprint density at radius 3 is 1.57 bits per heavy atom. The summed E-state index contributed by atoms with van der Waals surface area (Å²) in [5, 5.41) is 0. The van der Waals surface area contributed by atoms with Gasteiger partial charge in [-0.25, -0.2) is 0 Å². The number of benzene rings is 1. The Balaban J connectivity index is 2.87. The van der Waals surface area contributed by atoms with Gasteiger partial charge in [-0.3, -0.25) is 0 Å². The minimum absolute atomic E-state index is 0.0356. The molecule has 0 spiro atoms. The number of hydrogen-bond acceptors (Lipinski definition) is 2. The van der Waals surface area contributed by atoms with Gasteiger partial charge in [-0.15, -0.1) is 0 Å². The van der Waals surface area contributed by atoms with Crippen LogP contribution in [0.1, 0.15) is 130 Å². The van der Waals surface area contributed by atoms with E-state index < -0.39 is 36.8 Å². The van der Waals surface area contributed by atoms with Crippen molar-refractivity contribution in [1.29, 1.82) is 0 Å². The summed E-state index contributed by atoms with van der Waals surface area (Å²) in [7, 11) is 0. The van der Waals surface area contributed by atoms with Gasteiger partial charge >= 0.3 is 259 Å². The van der Waals surface area contributed by atoms with Gasteiger partial charge in [0.15, 0.2) is 0 Å². The molecule has 40 heavy (non-hydrogen) atoms. The monoisotopic (exact) mass is 769 g/mol. The molecule has 2 rings (SSSR count). The first-order valence-corrected chi connectivity index (χ1v) is 32.4. The van der Waals surface area contributed by atoms with Crippen molar-refractivity contribution in [3.63, 3.8) is 0 Å². The summed E-state index contributed by atoms with van der Waals surface area (Å²) in [6.07, 6.45) is 15.6. The molecule has 1 amide bonds. The molecule has 0 N–H and O–H groups in total. The summed E-state index contributed by atoms with van der Waals surface area (Å²) in [5.74, 6) is 0. The molecule has 1 atom stereocenters. The molecule has 0 saturated carbocycles. The van der Waals surface area contributed by atoms with Crippen LogP contribution in [0.4, 0.5) is 4.79 Å². The summed E-state index contributed by atoms with van der Waals surface area (Å²) in [5.41, 5.74) is 1.25. The van der Waals surface area contributed by atoms with Crippen LogP contribution in [0.2, 0.25) is 26.6 Å². The molecule has 1 unspecified atom stereocenters. The van der Waals surface area contributed by atoms with Crippen molar-refractivity contribution >= 4 is 42.8 Å². The Morgan fingerprint density at radius 1 is 0.725 bits per heavy atom. The van der Waals surface area contributed by atoms with Crippen LogP contribution in [-0.4, -0.2) is 54.4 Å². The van der Waals surface area contributed by atoms with Gasteiger partial charge in [0.2, 0.25) is 0 Å². The third-order valence-corrected chi connectivity index (χ3v) is 41.3. The molecular formula is C35H63NO2Sn2. The van der Waals surface area contributed by atoms with Crippen LogP contribution in [0.25, 0.3) is 0 Å². The van der Waals surface area contributed by atoms with Crippen LogP contribution in [0.15, 0.2) is 38.1 Å². The van der Waals surface area contributed by atoms with E-state index in [0.717, 1.165) is 0 Å². The van der Waals surface area contributed by atoms with E-state index in [-0.39, 0.29) is 12.1 Å². The first kappa shape index (κ1) is 36.0. The van der Waals surface area contributed by atoms with Crippen LogP contribution in [0.5, 0.6) is 0 Å². The van der Waals surface area contributed by atoms with Crippen molar-refractivity contribution in [3.05, 3.63) is 43.7 Å². The van der Waals surface area contributed by atoms with E-state index in [1.165, 1.54) is 109 Å². The van der Waals surface area contributed by atoms with Crippen molar-refractivity contribution in [2.75, 3.05) is 6.61 Å². The molecule has 1 aromatic rings. The number of nitrogens with zero attached hydrogens (tertiary/aromatic N) is 1. The Labute approximate surface area is 257 Å². The second-order valence-electron chi connectivity index (χ2n) is 12.7. The zero-order chi connectivity index (χ0) is 29.3. The molecule has 1 aliphatic rings. The van der Waals surface area contributed by atoms with Gasteiger partial charge in [0, 0.05) is 0 Å². The molecule has 0 radical (unpaired) electrons. The summed E-state index contributed by atoms with van der Waals surface area (Å²) < 4.78 is 19.2. The molecule has 0 aromatic heterocycles. The van der Waals surface area contributed by atoms with Crippen molar-refractivity contribution in [2.24, 2.45) is 0 Å². The summed E-state index contributed by atoms with van der Waals surface area (Å²) >= 11 is -5.71. The van der Waals surface area contributed by atoms with E-state index in [4.69, 9.17) is 4.74 Å². The van der Waals surface area contributed by atoms with Crippen molar-refractivity contribution in [1.82, 2.24) is 4.90 Å². The minimum atomic E-state index is -2.99. The van der Waals surface area contributed by atoms with Gasteiger partial charge in [-0.1, -0.05) is 0 Å². The normalized spacial score (nSPS) is 16.6. The molecular weight excluding hydrogens is 704 g/mol. The zero-order valence-electron chi connectivity index (χ0n) is 27.2. The van der Waals surface area contributed by atoms with Gasteiger partial charge in [-0.2, -0.15) is 0 Å². The number of carbonyl (C=O) groups excluding carboxylic acids is 1. The van der Waals surface area contributed by atoms with Gasteiger partial charge in [0.1, 0.15) is 0 Å². The fourth-order valence-corrected chi connectivity index (χ4v) is 49.3. The second kappa shape index (κ2) is 19.9. The van der Waals surface area contributed by atoms with Crippen LogP contribution >= 0.6 is 0 Å². The summed E-state index contributed by atoms with van der Waals surface area (Å²) in [6.45, 7) is 14.7. The van der Waals surface area contributed by atoms with E-state index in [0.29, 0.717) is 6.61 Å². The third-order valence-electron chi connectivity index (χ3n) is 9.41. The molecule has 228 valence electrons. The SMILES string of the molecule is CCC[CH2][Sn](/[CH]=[C](/N1C(=O)OCC1c1ccccc1)[Sn]([CH2]CCC)([CH2]CCC)[CH2]CCC)([CH2]CCC)[CH2]CCC. The number of carbonyl (C=O) groups is 1. The van der Waals surface area contributed by atoms with Gasteiger partial charge in [0.25, 0.3) is 0 Å². The standard InChI is InChI=1S/C11H9NO2.6C4H9.2Sn/c1-2-12-10(8-14-11(12)13)9-6-4-3-5-7-9;6*1-3-4-2;;/h1,3-7,10H,8H2;6*1,3-4H2,2H3;;. The fraction of sp³-hybridized carbons (Fsp3) is 0.743.